The van der Waals surface area contributed by atoms with Crippen molar-refractivity contribution in [2.75, 3.05) is 0 Å². The van der Waals surface area contributed by atoms with Crippen molar-refractivity contribution in [1.82, 2.24) is 0 Å². The van der Waals surface area contributed by atoms with E-state index in [4.69, 9.17) is 5.11 Å². The van der Waals surface area contributed by atoms with Gasteiger partial charge in [-0.05, 0) is 30.4 Å². The molecule has 96 valence electrons. The molecule has 1 aromatic rings. The molecule has 0 radical (unpaired) electrons. The maximum Gasteiger partial charge on any atom is 0.130 e. The van der Waals surface area contributed by atoms with E-state index in [2.05, 4.69) is 13.8 Å². The summed E-state index contributed by atoms with van der Waals surface area (Å²) in [5, 5.41) is 9.10. The predicted octanol–water partition coefficient (Wildman–Crippen LogP) is 4.68. The summed E-state index contributed by atoms with van der Waals surface area (Å²) in [6.07, 6.45) is 6.70. The van der Waals surface area contributed by atoms with Gasteiger partial charge >= 0.3 is 0 Å². The molecule has 1 atom stereocenters. The highest BCUT2D eigenvalue weighted by molar-refractivity contribution is 5.27. The Balaban J connectivity index is 2.22. The molecule has 0 amide bonds. The van der Waals surface area contributed by atoms with Gasteiger partial charge in [-0.25, -0.2) is 4.39 Å². The number of phenolic OH excluding ortho intramolecular Hbond substituents is 1. The van der Waals surface area contributed by atoms with Gasteiger partial charge in [0.2, 0.25) is 0 Å². The molecule has 0 aliphatic rings. The quantitative estimate of drug-likeness (QED) is 0.684. The maximum atomic E-state index is 13.4. The first kappa shape index (κ1) is 14.0. The largest absolute Gasteiger partial charge is 0.508 e. The summed E-state index contributed by atoms with van der Waals surface area (Å²) in [4.78, 5) is 0. The van der Waals surface area contributed by atoms with E-state index in [1.165, 1.54) is 25.3 Å². The zero-order valence-corrected chi connectivity index (χ0v) is 10.9. The number of hydrogen-bond acceptors (Lipinski definition) is 1. The lowest BCUT2D eigenvalue weighted by Crippen LogP contribution is -1.94. The molecule has 0 saturated carbocycles. The molecule has 1 aromatic carbocycles. The summed E-state index contributed by atoms with van der Waals surface area (Å²) in [7, 11) is 0. The second-order valence-corrected chi connectivity index (χ2v) is 4.89. The van der Waals surface area contributed by atoms with Crippen molar-refractivity contribution in [3.05, 3.63) is 29.6 Å². The number of halogens is 1. The third-order valence-electron chi connectivity index (χ3n) is 3.38. The van der Waals surface area contributed by atoms with E-state index in [0.29, 0.717) is 5.56 Å². The van der Waals surface area contributed by atoms with Crippen LogP contribution < -0.4 is 0 Å². The number of rotatable bonds is 7. The summed E-state index contributed by atoms with van der Waals surface area (Å²) in [5.74, 6) is 0.523. The van der Waals surface area contributed by atoms with Crippen LogP contribution in [0.4, 0.5) is 4.39 Å². The van der Waals surface area contributed by atoms with Crippen molar-refractivity contribution in [2.24, 2.45) is 5.92 Å². The van der Waals surface area contributed by atoms with Gasteiger partial charge in [0.25, 0.3) is 0 Å². The van der Waals surface area contributed by atoms with E-state index in [-0.39, 0.29) is 11.6 Å². The molecule has 0 heterocycles. The van der Waals surface area contributed by atoms with Crippen LogP contribution in [0.1, 0.15) is 51.5 Å². The highest BCUT2D eigenvalue weighted by Gasteiger charge is 2.03. The standard InChI is InChI=1S/C15H23FO/c1-3-12(2)7-5-4-6-8-13-9-10-14(17)11-15(13)16/h9-12,17H,3-8H2,1-2H3. The minimum atomic E-state index is -0.285. The smallest absolute Gasteiger partial charge is 0.130 e. The monoisotopic (exact) mass is 238 g/mol. The van der Waals surface area contributed by atoms with Gasteiger partial charge in [0.05, 0.1) is 0 Å². The molecule has 0 saturated heterocycles. The molecule has 0 aliphatic heterocycles. The second-order valence-electron chi connectivity index (χ2n) is 4.89. The zero-order valence-electron chi connectivity index (χ0n) is 10.9. The Morgan fingerprint density at radius 1 is 1.24 bits per heavy atom. The minimum Gasteiger partial charge on any atom is -0.508 e. The molecular formula is C15H23FO. The van der Waals surface area contributed by atoms with Crippen LogP contribution in [0.5, 0.6) is 5.75 Å². The molecule has 1 unspecified atom stereocenters. The first-order chi connectivity index (χ1) is 8.13. The van der Waals surface area contributed by atoms with Gasteiger partial charge in [-0.1, -0.05) is 45.6 Å². The van der Waals surface area contributed by atoms with Gasteiger partial charge < -0.3 is 5.11 Å². The van der Waals surface area contributed by atoms with Crippen LogP contribution in [0.15, 0.2) is 18.2 Å². The van der Waals surface area contributed by atoms with E-state index in [1.807, 2.05) is 0 Å². The number of aromatic hydroxyl groups is 1. The Hall–Kier alpha value is -1.05. The number of benzene rings is 1. The normalized spacial score (nSPS) is 12.6. The maximum absolute atomic E-state index is 13.4. The Labute approximate surface area is 104 Å². The highest BCUT2D eigenvalue weighted by atomic mass is 19.1. The van der Waals surface area contributed by atoms with Crippen molar-refractivity contribution >= 4 is 0 Å². The average molecular weight is 238 g/mol. The summed E-state index contributed by atoms with van der Waals surface area (Å²) >= 11 is 0. The number of aryl methyl sites for hydroxylation is 1. The van der Waals surface area contributed by atoms with Gasteiger partial charge in [-0.3, -0.25) is 0 Å². The molecule has 0 fully saturated rings. The lowest BCUT2D eigenvalue weighted by molar-refractivity contribution is 0.465. The van der Waals surface area contributed by atoms with E-state index in [0.717, 1.165) is 25.2 Å². The fourth-order valence-electron chi connectivity index (χ4n) is 1.93. The van der Waals surface area contributed by atoms with Gasteiger partial charge in [0.1, 0.15) is 11.6 Å². The van der Waals surface area contributed by atoms with Gasteiger partial charge in [0.15, 0.2) is 0 Å². The number of unbranched alkanes of at least 4 members (excludes halogenated alkanes) is 2. The summed E-state index contributed by atoms with van der Waals surface area (Å²) < 4.78 is 13.4. The Kier molecular flexibility index (Phi) is 6.03. The van der Waals surface area contributed by atoms with Crippen LogP contribution in [0.2, 0.25) is 0 Å². The molecule has 17 heavy (non-hydrogen) atoms. The van der Waals surface area contributed by atoms with E-state index < -0.39 is 0 Å². The number of phenols is 1. The van der Waals surface area contributed by atoms with Crippen molar-refractivity contribution in [2.45, 2.75) is 52.4 Å². The Morgan fingerprint density at radius 3 is 2.65 bits per heavy atom. The lowest BCUT2D eigenvalue weighted by atomic mass is 9.99. The lowest BCUT2D eigenvalue weighted by Gasteiger charge is -2.08. The highest BCUT2D eigenvalue weighted by Crippen LogP contribution is 2.18. The van der Waals surface area contributed by atoms with Crippen LogP contribution in [-0.4, -0.2) is 5.11 Å². The van der Waals surface area contributed by atoms with Crippen molar-refractivity contribution in [1.29, 1.82) is 0 Å². The average Bonchev–Trinajstić information content (AvgIpc) is 2.30. The molecule has 0 spiro atoms. The predicted molar refractivity (Wildman–Crippen MR) is 69.7 cm³/mol. The first-order valence-electron chi connectivity index (χ1n) is 6.61. The minimum absolute atomic E-state index is 0.00280. The Bertz CT molecular complexity index is 336. The van der Waals surface area contributed by atoms with Crippen LogP contribution in [0.25, 0.3) is 0 Å². The van der Waals surface area contributed by atoms with Gasteiger partial charge in [-0.15, -0.1) is 0 Å². The number of hydrogen-bond donors (Lipinski definition) is 1. The van der Waals surface area contributed by atoms with Crippen molar-refractivity contribution in [3.63, 3.8) is 0 Å². The Morgan fingerprint density at radius 2 is 2.00 bits per heavy atom. The van der Waals surface area contributed by atoms with E-state index >= 15 is 0 Å². The second kappa shape index (κ2) is 7.31. The molecule has 1 rings (SSSR count). The van der Waals surface area contributed by atoms with Crippen LogP contribution in [-0.2, 0) is 6.42 Å². The van der Waals surface area contributed by atoms with E-state index in [1.54, 1.807) is 12.1 Å². The zero-order chi connectivity index (χ0) is 12.7. The van der Waals surface area contributed by atoms with Crippen molar-refractivity contribution < 1.29 is 9.50 Å². The summed E-state index contributed by atoms with van der Waals surface area (Å²) in [6.45, 7) is 4.50. The molecule has 0 aromatic heterocycles. The van der Waals surface area contributed by atoms with Gasteiger partial charge in [-0.2, -0.15) is 0 Å². The summed E-state index contributed by atoms with van der Waals surface area (Å²) in [6, 6.07) is 4.42. The van der Waals surface area contributed by atoms with Crippen molar-refractivity contribution in [3.8, 4) is 5.75 Å². The van der Waals surface area contributed by atoms with Gasteiger partial charge in [0, 0.05) is 6.07 Å². The fourth-order valence-corrected chi connectivity index (χ4v) is 1.93. The third kappa shape index (κ3) is 5.20. The summed E-state index contributed by atoms with van der Waals surface area (Å²) in [5.41, 5.74) is 0.714. The van der Waals surface area contributed by atoms with Crippen LogP contribution >= 0.6 is 0 Å². The van der Waals surface area contributed by atoms with Crippen LogP contribution in [0, 0.1) is 11.7 Å². The molecule has 0 bridgehead atoms. The first-order valence-corrected chi connectivity index (χ1v) is 6.61. The third-order valence-corrected chi connectivity index (χ3v) is 3.38. The fraction of sp³-hybridized carbons (Fsp3) is 0.600. The molecular weight excluding hydrogens is 215 g/mol. The molecule has 0 aliphatic carbocycles. The topological polar surface area (TPSA) is 20.2 Å². The molecule has 2 heteroatoms. The molecule has 1 nitrogen and oxygen atoms in total. The molecule has 1 N–H and O–H groups in total. The van der Waals surface area contributed by atoms with Crippen LogP contribution in [0.3, 0.4) is 0 Å². The SMILES string of the molecule is CCC(C)CCCCCc1ccc(O)cc1F. The van der Waals surface area contributed by atoms with E-state index in [9.17, 15) is 4.39 Å².